The summed E-state index contributed by atoms with van der Waals surface area (Å²) in [6.07, 6.45) is 3.42. The lowest BCUT2D eigenvalue weighted by molar-refractivity contribution is 0.0409. The molecule has 106 valence electrons. The standard InChI is InChI=1S/C14H28N2O2/c1-3-13-9-15(2)6-4-7-16(13)10-14(11-17)5-8-18-12-14/h13,17H,3-12H2,1-2H3. The number of nitrogens with zero attached hydrogens (tertiary/aromatic N) is 2. The number of rotatable bonds is 4. The van der Waals surface area contributed by atoms with Gasteiger partial charge < -0.3 is 14.7 Å². The summed E-state index contributed by atoms with van der Waals surface area (Å²) in [5, 5.41) is 9.71. The SMILES string of the molecule is CCC1CN(C)CCCN1CC1(CO)CCOC1. The molecule has 0 amide bonds. The van der Waals surface area contributed by atoms with Crippen LogP contribution in [0.1, 0.15) is 26.2 Å². The predicted octanol–water partition coefficient (Wildman–Crippen LogP) is 0.802. The molecule has 0 aromatic carbocycles. The van der Waals surface area contributed by atoms with E-state index in [1.165, 1.54) is 19.4 Å². The first-order valence-corrected chi connectivity index (χ1v) is 7.30. The van der Waals surface area contributed by atoms with E-state index in [1.807, 2.05) is 0 Å². The van der Waals surface area contributed by atoms with E-state index in [0.29, 0.717) is 6.04 Å². The van der Waals surface area contributed by atoms with Gasteiger partial charge in [-0.3, -0.25) is 4.90 Å². The zero-order valence-electron chi connectivity index (χ0n) is 11.9. The topological polar surface area (TPSA) is 35.9 Å². The van der Waals surface area contributed by atoms with Gasteiger partial charge in [-0.1, -0.05) is 6.92 Å². The van der Waals surface area contributed by atoms with Gasteiger partial charge in [0, 0.05) is 31.2 Å². The van der Waals surface area contributed by atoms with Gasteiger partial charge in [0.1, 0.15) is 0 Å². The molecule has 2 unspecified atom stereocenters. The number of hydrogen-bond donors (Lipinski definition) is 1. The van der Waals surface area contributed by atoms with Crippen LogP contribution >= 0.6 is 0 Å². The minimum absolute atomic E-state index is 0.00364. The van der Waals surface area contributed by atoms with Crippen LogP contribution in [0.5, 0.6) is 0 Å². The fraction of sp³-hybridized carbons (Fsp3) is 1.00. The Morgan fingerprint density at radius 2 is 2.22 bits per heavy atom. The zero-order chi connectivity index (χ0) is 13.0. The molecule has 2 heterocycles. The number of likely N-dealkylation sites (N-methyl/N-ethyl adjacent to an activating group) is 1. The van der Waals surface area contributed by atoms with Crippen molar-refractivity contribution in [2.45, 2.75) is 32.2 Å². The van der Waals surface area contributed by atoms with Crippen molar-refractivity contribution < 1.29 is 9.84 Å². The molecule has 18 heavy (non-hydrogen) atoms. The molecule has 2 aliphatic rings. The lowest BCUT2D eigenvalue weighted by Crippen LogP contribution is -2.47. The first kappa shape index (κ1) is 14.3. The Balaban J connectivity index is 2.00. The zero-order valence-corrected chi connectivity index (χ0v) is 11.9. The first-order chi connectivity index (χ1) is 8.69. The summed E-state index contributed by atoms with van der Waals surface area (Å²) in [5.41, 5.74) is -0.00364. The lowest BCUT2D eigenvalue weighted by Gasteiger charge is -2.37. The summed E-state index contributed by atoms with van der Waals surface area (Å²) >= 11 is 0. The van der Waals surface area contributed by atoms with E-state index in [9.17, 15) is 5.11 Å². The van der Waals surface area contributed by atoms with E-state index in [0.717, 1.165) is 39.3 Å². The van der Waals surface area contributed by atoms with Gasteiger partial charge in [0.25, 0.3) is 0 Å². The van der Waals surface area contributed by atoms with E-state index in [-0.39, 0.29) is 12.0 Å². The van der Waals surface area contributed by atoms with Crippen LogP contribution in [-0.4, -0.2) is 74.0 Å². The summed E-state index contributed by atoms with van der Waals surface area (Å²) in [6.45, 7) is 8.57. The van der Waals surface area contributed by atoms with Gasteiger partial charge in [-0.25, -0.2) is 0 Å². The summed E-state index contributed by atoms with van der Waals surface area (Å²) in [4.78, 5) is 5.03. The highest BCUT2D eigenvalue weighted by Crippen LogP contribution is 2.30. The van der Waals surface area contributed by atoms with E-state index >= 15 is 0 Å². The molecule has 0 saturated carbocycles. The van der Waals surface area contributed by atoms with Crippen molar-refractivity contribution in [2.75, 3.05) is 53.0 Å². The Labute approximate surface area is 111 Å². The Hall–Kier alpha value is -0.160. The van der Waals surface area contributed by atoms with E-state index in [2.05, 4.69) is 23.8 Å². The molecule has 0 aromatic rings. The van der Waals surface area contributed by atoms with Gasteiger partial charge in [0.15, 0.2) is 0 Å². The Kier molecular flexibility index (Phi) is 5.01. The summed E-state index contributed by atoms with van der Waals surface area (Å²) < 4.78 is 5.52. The fourth-order valence-corrected chi connectivity index (χ4v) is 3.27. The lowest BCUT2D eigenvalue weighted by atomic mass is 9.87. The average Bonchev–Trinajstić information content (AvgIpc) is 2.76. The quantitative estimate of drug-likeness (QED) is 0.807. The normalized spacial score (nSPS) is 35.8. The highest BCUT2D eigenvalue weighted by atomic mass is 16.5. The molecule has 2 rings (SSSR count). The van der Waals surface area contributed by atoms with Crippen LogP contribution in [-0.2, 0) is 4.74 Å². The second kappa shape index (κ2) is 6.33. The van der Waals surface area contributed by atoms with Crippen molar-refractivity contribution in [3.63, 3.8) is 0 Å². The molecule has 0 bridgehead atoms. The van der Waals surface area contributed by atoms with Crippen molar-refractivity contribution in [1.82, 2.24) is 9.80 Å². The number of ether oxygens (including phenoxy) is 1. The molecular formula is C14H28N2O2. The Morgan fingerprint density at radius 1 is 1.39 bits per heavy atom. The molecule has 0 aromatic heterocycles. The largest absolute Gasteiger partial charge is 0.396 e. The molecule has 4 nitrogen and oxygen atoms in total. The summed E-state index contributed by atoms with van der Waals surface area (Å²) in [7, 11) is 2.21. The molecule has 2 saturated heterocycles. The Morgan fingerprint density at radius 3 is 2.83 bits per heavy atom. The maximum Gasteiger partial charge on any atom is 0.0557 e. The highest BCUT2D eigenvalue weighted by Gasteiger charge is 2.38. The minimum atomic E-state index is -0.00364. The third-order valence-electron chi connectivity index (χ3n) is 4.55. The third kappa shape index (κ3) is 3.23. The highest BCUT2D eigenvalue weighted by molar-refractivity contribution is 4.89. The maximum absolute atomic E-state index is 9.71. The second-order valence-corrected chi connectivity index (χ2v) is 6.11. The Bertz CT molecular complexity index is 254. The molecule has 2 atom stereocenters. The first-order valence-electron chi connectivity index (χ1n) is 7.30. The van der Waals surface area contributed by atoms with Gasteiger partial charge in [-0.2, -0.15) is 0 Å². The molecular weight excluding hydrogens is 228 g/mol. The molecule has 0 aliphatic carbocycles. The molecule has 2 fully saturated rings. The van der Waals surface area contributed by atoms with Crippen molar-refractivity contribution in [2.24, 2.45) is 5.41 Å². The number of hydrogen-bond acceptors (Lipinski definition) is 4. The molecule has 2 aliphatic heterocycles. The summed E-state index contributed by atoms with van der Waals surface area (Å²) in [5.74, 6) is 0. The van der Waals surface area contributed by atoms with Gasteiger partial charge in [-0.15, -0.1) is 0 Å². The smallest absolute Gasteiger partial charge is 0.0557 e. The third-order valence-corrected chi connectivity index (χ3v) is 4.55. The summed E-state index contributed by atoms with van der Waals surface area (Å²) in [6, 6.07) is 0.626. The molecule has 4 heteroatoms. The van der Waals surface area contributed by atoms with Crippen molar-refractivity contribution in [3.8, 4) is 0 Å². The number of aliphatic hydroxyl groups is 1. The van der Waals surface area contributed by atoms with Crippen LogP contribution in [0, 0.1) is 5.41 Å². The van der Waals surface area contributed by atoms with Crippen molar-refractivity contribution in [3.05, 3.63) is 0 Å². The minimum Gasteiger partial charge on any atom is -0.396 e. The fourth-order valence-electron chi connectivity index (χ4n) is 3.27. The maximum atomic E-state index is 9.71. The monoisotopic (exact) mass is 256 g/mol. The van der Waals surface area contributed by atoms with Crippen LogP contribution in [0.3, 0.4) is 0 Å². The number of aliphatic hydroxyl groups excluding tert-OH is 1. The van der Waals surface area contributed by atoms with E-state index in [4.69, 9.17) is 4.74 Å². The van der Waals surface area contributed by atoms with E-state index in [1.54, 1.807) is 0 Å². The second-order valence-electron chi connectivity index (χ2n) is 6.11. The van der Waals surface area contributed by atoms with Gasteiger partial charge in [0.2, 0.25) is 0 Å². The van der Waals surface area contributed by atoms with Crippen molar-refractivity contribution in [1.29, 1.82) is 0 Å². The molecule has 1 N–H and O–H groups in total. The van der Waals surface area contributed by atoms with E-state index < -0.39 is 0 Å². The van der Waals surface area contributed by atoms with Crippen LogP contribution in [0.2, 0.25) is 0 Å². The van der Waals surface area contributed by atoms with Crippen LogP contribution in [0.25, 0.3) is 0 Å². The predicted molar refractivity (Wildman–Crippen MR) is 72.7 cm³/mol. The van der Waals surface area contributed by atoms with Gasteiger partial charge in [-0.05, 0) is 39.4 Å². The van der Waals surface area contributed by atoms with Gasteiger partial charge >= 0.3 is 0 Å². The van der Waals surface area contributed by atoms with Crippen LogP contribution in [0.15, 0.2) is 0 Å². The van der Waals surface area contributed by atoms with Crippen LogP contribution in [0.4, 0.5) is 0 Å². The average molecular weight is 256 g/mol. The van der Waals surface area contributed by atoms with Crippen LogP contribution < -0.4 is 0 Å². The molecule has 0 radical (unpaired) electrons. The van der Waals surface area contributed by atoms with Crippen molar-refractivity contribution >= 4 is 0 Å². The van der Waals surface area contributed by atoms with Gasteiger partial charge in [0.05, 0.1) is 13.2 Å². The molecule has 0 spiro atoms.